The van der Waals surface area contributed by atoms with Crippen molar-refractivity contribution in [2.75, 3.05) is 20.7 Å². The molecule has 0 aliphatic rings. The number of aromatic amines is 1. The topological polar surface area (TPSA) is 63.2 Å². The molecule has 0 spiro atoms. The van der Waals surface area contributed by atoms with E-state index in [1.54, 1.807) is 18.2 Å². The van der Waals surface area contributed by atoms with E-state index in [2.05, 4.69) is 9.97 Å². The third kappa shape index (κ3) is 3.27. The van der Waals surface area contributed by atoms with Gasteiger partial charge in [-0.2, -0.15) is 0 Å². The molecule has 0 aliphatic carbocycles. The van der Waals surface area contributed by atoms with Gasteiger partial charge < -0.3 is 19.2 Å². The number of fused-ring (bicyclic) bond motifs is 1. The molecule has 3 rings (SSSR count). The van der Waals surface area contributed by atoms with Crippen molar-refractivity contribution in [2.45, 2.75) is 12.8 Å². The van der Waals surface area contributed by atoms with Crippen LogP contribution in [0.4, 0.5) is 0 Å². The molecule has 126 valence electrons. The standard InChI is InChI=1S/C18H22N4O2/c1-21-10-8-19-17(21)5-4-9-22(2)18(23)16-12-13-11-14(24-3)6-7-15(13)20-16/h6-8,10-12,20H,4-5,9H2,1-3H3. The average molecular weight is 326 g/mol. The molecule has 0 atom stereocenters. The Labute approximate surface area is 141 Å². The van der Waals surface area contributed by atoms with Crippen LogP contribution in [-0.2, 0) is 13.5 Å². The lowest BCUT2D eigenvalue weighted by molar-refractivity contribution is 0.0788. The predicted octanol–water partition coefficient (Wildman–Crippen LogP) is 2.61. The van der Waals surface area contributed by atoms with Crippen LogP contribution in [-0.4, -0.2) is 46.0 Å². The Bertz CT molecular complexity index is 850. The molecule has 6 nitrogen and oxygen atoms in total. The van der Waals surface area contributed by atoms with Gasteiger partial charge in [-0.15, -0.1) is 0 Å². The fourth-order valence-electron chi connectivity index (χ4n) is 2.77. The summed E-state index contributed by atoms with van der Waals surface area (Å²) in [5.74, 6) is 1.81. The van der Waals surface area contributed by atoms with Crippen molar-refractivity contribution in [3.8, 4) is 5.75 Å². The molecule has 2 aromatic heterocycles. The molecule has 6 heteroatoms. The number of carbonyl (C=O) groups is 1. The van der Waals surface area contributed by atoms with Crippen LogP contribution in [0, 0.1) is 0 Å². The highest BCUT2D eigenvalue weighted by Gasteiger charge is 2.14. The molecular formula is C18H22N4O2. The number of hydrogen-bond acceptors (Lipinski definition) is 3. The summed E-state index contributed by atoms with van der Waals surface area (Å²) in [6.45, 7) is 0.685. The lowest BCUT2D eigenvalue weighted by atomic mass is 10.2. The van der Waals surface area contributed by atoms with E-state index in [4.69, 9.17) is 4.74 Å². The van der Waals surface area contributed by atoms with Crippen molar-refractivity contribution in [2.24, 2.45) is 7.05 Å². The summed E-state index contributed by atoms with van der Waals surface area (Å²) >= 11 is 0. The number of aromatic nitrogens is 3. The van der Waals surface area contributed by atoms with E-state index >= 15 is 0 Å². The zero-order valence-electron chi connectivity index (χ0n) is 14.2. The molecule has 3 aromatic rings. The number of H-pyrrole nitrogens is 1. The van der Waals surface area contributed by atoms with Gasteiger partial charge in [-0.05, 0) is 30.7 Å². The number of nitrogens with one attached hydrogen (secondary N) is 1. The fourth-order valence-corrected chi connectivity index (χ4v) is 2.77. The molecule has 0 unspecified atom stereocenters. The van der Waals surface area contributed by atoms with Gasteiger partial charge in [0.2, 0.25) is 0 Å². The number of methoxy groups -OCH3 is 1. The Hall–Kier alpha value is -2.76. The molecule has 2 heterocycles. The highest BCUT2D eigenvalue weighted by Crippen LogP contribution is 2.22. The number of nitrogens with zero attached hydrogens (tertiary/aromatic N) is 3. The third-order valence-electron chi connectivity index (χ3n) is 4.22. The van der Waals surface area contributed by atoms with Gasteiger partial charge in [0.05, 0.1) is 7.11 Å². The van der Waals surface area contributed by atoms with Crippen molar-refractivity contribution in [1.82, 2.24) is 19.4 Å². The van der Waals surface area contributed by atoms with Gasteiger partial charge in [0, 0.05) is 50.4 Å². The first-order chi connectivity index (χ1) is 11.6. The summed E-state index contributed by atoms with van der Waals surface area (Å²) < 4.78 is 7.23. The van der Waals surface area contributed by atoms with Gasteiger partial charge in [0.1, 0.15) is 17.3 Å². The first kappa shape index (κ1) is 16.1. The highest BCUT2D eigenvalue weighted by molar-refractivity contribution is 5.98. The van der Waals surface area contributed by atoms with Crippen LogP contribution in [0.5, 0.6) is 5.75 Å². The van der Waals surface area contributed by atoms with E-state index in [1.807, 2.05) is 49.1 Å². The molecule has 0 radical (unpaired) electrons. The van der Waals surface area contributed by atoms with Gasteiger partial charge in [0.25, 0.3) is 5.91 Å². The van der Waals surface area contributed by atoms with Crippen molar-refractivity contribution in [3.63, 3.8) is 0 Å². The molecule has 1 aromatic carbocycles. The van der Waals surface area contributed by atoms with Crippen LogP contribution in [0.1, 0.15) is 22.7 Å². The Balaban J connectivity index is 1.63. The van der Waals surface area contributed by atoms with Crippen LogP contribution >= 0.6 is 0 Å². The van der Waals surface area contributed by atoms with Gasteiger partial charge in [-0.1, -0.05) is 0 Å². The first-order valence-corrected chi connectivity index (χ1v) is 7.97. The number of carbonyl (C=O) groups excluding carboxylic acids is 1. The quantitative estimate of drug-likeness (QED) is 0.757. The molecule has 0 fully saturated rings. The van der Waals surface area contributed by atoms with E-state index < -0.39 is 0 Å². The molecular weight excluding hydrogens is 304 g/mol. The van der Waals surface area contributed by atoms with Crippen LogP contribution in [0.3, 0.4) is 0 Å². The maximum absolute atomic E-state index is 12.6. The minimum atomic E-state index is -0.00925. The number of imidazole rings is 1. The summed E-state index contributed by atoms with van der Waals surface area (Å²) in [4.78, 5) is 21.8. The number of benzene rings is 1. The van der Waals surface area contributed by atoms with Crippen molar-refractivity contribution in [3.05, 3.63) is 48.2 Å². The number of amides is 1. The van der Waals surface area contributed by atoms with Crippen LogP contribution in [0.25, 0.3) is 10.9 Å². The van der Waals surface area contributed by atoms with Gasteiger partial charge in [-0.3, -0.25) is 4.79 Å². The zero-order chi connectivity index (χ0) is 17.1. The maximum atomic E-state index is 12.6. The number of aryl methyl sites for hydroxylation is 2. The molecule has 0 aliphatic heterocycles. The van der Waals surface area contributed by atoms with Gasteiger partial charge in [-0.25, -0.2) is 4.98 Å². The fraction of sp³-hybridized carbons (Fsp3) is 0.333. The maximum Gasteiger partial charge on any atom is 0.270 e. The van der Waals surface area contributed by atoms with Crippen LogP contribution < -0.4 is 4.74 Å². The van der Waals surface area contributed by atoms with E-state index in [0.717, 1.165) is 35.3 Å². The van der Waals surface area contributed by atoms with Crippen molar-refractivity contribution >= 4 is 16.8 Å². The molecule has 1 N–H and O–H groups in total. The van der Waals surface area contributed by atoms with E-state index in [0.29, 0.717) is 12.2 Å². The zero-order valence-corrected chi connectivity index (χ0v) is 14.2. The average Bonchev–Trinajstić information content (AvgIpc) is 3.19. The second kappa shape index (κ2) is 6.78. The van der Waals surface area contributed by atoms with Gasteiger partial charge >= 0.3 is 0 Å². The Morgan fingerprint density at radius 2 is 2.21 bits per heavy atom. The second-order valence-corrected chi connectivity index (χ2v) is 5.92. The second-order valence-electron chi connectivity index (χ2n) is 5.92. The van der Waals surface area contributed by atoms with E-state index in [9.17, 15) is 4.79 Å². The molecule has 0 bridgehead atoms. The number of hydrogen-bond donors (Lipinski definition) is 1. The van der Waals surface area contributed by atoms with Crippen LogP contribution in [0.15, 0.2) is 36.7 Å². The summed E-state index contributed by atoms with van der Waals surface area (Å²) in [5.41, 5.74) is 1.53. The summed E-state index contributed by atoms with van der Waals surface area (Å²) in [6.07, 6.45) is 5.46. The van der Waals surface area contributed by atoms with Crippen LogP contribution in [0.2, 0.25) is 0 Å². The normalized spacial score (nSPS) is 11.0. The Morgan fingerprint density at radius 1 is 1.38 bits per heavy atom. The predicted molar refractivity (Wildman–Crippen MR) is 93.3 cm³/mol. The van der Waals surface area contributed by atoms with E-state index in [-0.39, 0.29) is 5.91 Å². The Morgan fingerprint density at radius 3 is 2.92 bits per heavy atom. The highest BCUT2D eigenvalue weighted by atomic mass is 16.5. The first-order valence-electron chi connectivity index (χ1n) is 7.97. The largest absolute Gasteiger partial charge is 0.497 e. The number of rotatable bonds is 6. The molecule has 0 saturated carbocycles. The van der Waals surface area contributed by atoms with E-state index in [1.165, 1.54) is 0 Å². The lowest BCUT2D eigenvalue weighted by Gasteiger charge is -2.16. The molecule has 0 saturated heterocycles. The third-order valence-corrected chi connectivity index (χ3v) is 4.22. The smallest absolute Gasteiger partial charge is 0.270 e. The SMILES string of the molecule is COc1ccc2[nH]c(C(=O)N(C)CCCc3nccn3C)cc2c1. The summed E-state index contributed by atoms with van der Waals surface area (Å²) in [6, 6.07) is 7.59. The number of ether oxygens (including phenoxy) is 1. The van der Waals surface area contributed by atoms with Gasteiger partial charge in [0.15, 0.2) is 0 Å². The molecule has 1 amide bonds. The monoisotopic (exact) mass is 326 g/mol. The minimum absolute atomic E-state index is 0.00925. The lowest BCUT2D eigenvalue weighted by Crippen LogP contribution is -2.28. The van der Waals surface area contributed by atoms with Crippen molar-refractivity contribution in [1.29, 1.82) is 0 Å². The minimum Gasteiger partial charge on any atom is -0.497 e. The summed E-state index contributed by atoms with van der Waals surface area (Å²) in [5, 5.41) is 0.971. The summed E-state index contributed by atoms with van der Waals surface area (Å²) in [7, 11) is 5.44. The molecule has 24 heavy (non-hydrogen) atoms. The van der Waals surface area contributed by atoms with Crippen molar-refractivity contribution < 1.29 is 9.53 Å². The Kier molecular flexibility index (Phi) is 4.55.